The van der Waals surface area contributed by atoms with Crippen LogP contribution < -0.4 is 5.32 Å². The first-order chi connectivity index (χ1) is 10.7. The minimum atomic E-state index is -1.31. The van der Waals surface area contributed by atoms with Crippen LogP contribution in [0.2, 0.25) is 0 Å². The number of hydrogen-bond donors (Lipinski definition) is 2. The lowest BCUT2D eigenvalue weighted by molar-refractivity contribution is -0.144. The number of carbonyl (C=O) groups excluding carboxylic acids is 1. The van der Waals surface area contributed by atoms with Crippen LogP contribution in [0, 0.1) is 0 Å². The van der Waals surface area contributed by atoms with E-state index < -0.39 is 23.2 Å². The lowest BCUT2D eigenvalue weighted by atomic mass is 9.99. The van der Waals surface area contributed by atoms with Crippen LogP contribution in [-0.4, -0.2) is 51.3 Å². The highest BCUT2D eigenvalue weighted by atomic mass is 16.6. The summed E-state index contributed by atoms with van der Waals surface area (Å²) in [5.41, 5.74) is -0.978. The van der Waals surface area contributed by atoms with E-state index in [4.69, 9.17) is 4.74 Å². The van der Waals surface area contributed by atoms with E-state index in [0.717, 1.165) is 5.56 Å². The van der Waals surface area contributed by atoms with Crippen molar-refractivity contribution in [2.75, 3.05) is 13.1 Å². The van der Waals surface area contributed by atoms with Crippen LogP contribution >= 0.6 is 0 Å². The molecule has 1 aromatic rings. The summed E-state index contributed by atoms with van der Waals surface area (Å²) in [6.07, 6.45) is 3.08. The largest absolute Gasteiger partial charge is 0.479 e. The fourth-order valence-electron chi connectivity index (χ4n) is 2.60. The molecule has 0 saturated carbocycles. The summed E-state index contributed by atoms with van der Waals surface area (Å²) in [4.78, 5) is 29.7. The van der Waals surface area contributed by atoms with Crippen molar-refractivity contribution in [2.45, 2.75) is 44.9 Å². The number of carboxylic acids is 1. The lowest BCUT2D eigenvalue weighted by Gasteiger charge is -2.28. The Balaban J connectivity index is 2.02. The van der Waals surface area contributed by atoms with Crippen LogP contribution in [-0.2, 0) is 16.1 Å². The van der Waals surface area contributed by atoms with Crippen LogP contribution in [0.4, 0.5) is 4.79 Å². The van der Waals surface area contributed by atoms with Crippen molar-refractivity contribution in [3.63, 3.8) is 0 Å². The molecule has 126 valence electrons. The third kappa shape index (κ3) is 4.66. The SMILES string of the molecule is CC(C)(C)OC(=O)NC1(C(=O)O)CCN(Cc2cccnc2)C1. The van der Waals surface area contributed by atoms with Crippen molar-refractivity contribution >= 4 is 12.1 Å². The van der Waals surface area contributed by atoms with Gasteiger partial charge in [0, 0.05) is 32.0 Å². The first kappa shape index (κ1) is 17.2. The summed E-state index contributed by atoms with van der Waals surface area (Å²) in [7, 11) is 0. The molecule has 7 heteroatoms. The highest BCUT2D eigenvalue weighted by molar-refractivity contribution is 5.85. The first-order valence-electron chi connectivity index (χ1n) is 7.56. The van der Waals surface area contributed by atoms with E-state index >= 15 is 0 Å². The van der Waals surface area contributed by atoms with Crippen LogP contribution in [0.25, 0.3) is 0 Å². The molecule has 2 rings (SSSR count). The van der Waals surface area contributed by atoms with E-state index in [1.165, 1.54) is 0 Å². The molecule has 1 atom stereocenters. The Kier molecular flexibility index (Phi) is 4.89. The lowest BCUT2D eigenvalue weighted by Crippen LogP contribution is -2.57. The van der Waals surface area contributed by atoms with Gasteiger partial charge < -0.3 is 15.2 Å². The number of ether oxygens (including phenoxy) is 1. The average Bonchev–Trinajstić information content (AvgIpc) is 2.82. The normalized spacial score (nSPS) is 21.9. The molecule has 0 bridgehead atoms. The highest BCUT2D eigenvalue weighted by Gasteiger charge is 2.46. The molecule has 7 nitrogen and oxygen atoms in total. The number of hydrogen-bond acceptors (Lipinski definition) is 5. The second kappa shape index (κ2) is 6.54. The van der Waals surface area contributed by atoms with E-state index in [1.54, 1.807) is 33.2 Å². The number of rotatable bonds is 4. The highest BCUT2D eigenvalue weighted by Crippen LogP contribution is 2.24. The Bertz CT molecular complexity index is 570. The van der Waals surface area contributed by atoms with Crippen molar-refractivity contribution < 1.29 is 19.4 Å². The van der Waals surface area contributed by atoms with E-state index in [2.05, 4.69) is 10.3 Å². The Morgan fingerprint density at radius 1 is 1.48 bits per heavy atom. The first-order valence-corrected chi connectivity index (χ1v) is 7.56. The molecule has 1 saturated heterocycles. The van der Waals surface area contributed by atoms with Gasteiger partial charge in [-0.1, -0.05) is 6.07 Å². The summed E-state index contributed by atoms with van der Waals surface area (Å²) in [6, 6.07) is 3.78. The predicted octanol–water partition coefficient (Wildman–Crippen LogP) is 1.64. The number of aliphatic carboxylic acids is 1. The van der Waals surface area contributed by atoms with Gasteiger partial charge in [-0.25, -0.2) is 9.59 Å². The maximum absolute atomic E-state index is 12.0. The van der Waals surface area contributed by atoms with E-state index in [1.807, 2.05) is 17.0 Å². The topological polar surface area (TPSA) is 91.8 Å². The third-order valence-electron chi connectivity index (χ3n) is 3.63. The monoisotopic (exact) mass is 321 g/mol. The molecule has 0 spiro atoms. The number of pyridine rings is 1. The van der Waals surface area contributed by atoms with Crippen molar-refractivity contribution in [3.8, 4) is 0 Å². The second-order valence-corrected chi connectivity index (χ2v) is 6.84. The third-order valence-corrected chi connectivity index (χ3v) is 3.63. The quantitative estimate of drug-likeness (QED) is 0.876. The number of aromatic nitrogens is 1. The molecule has 1 aromatic heterocycles. The van der Waals surface area contributed by atoms with Gasteiger partial charge >= 0.3 is 12.1 Å². The number of amides is 1. The Morgan fingerprint density at radius 2 is 2.22 bits per heavy atom. The summed E-state index contributed by atoms with van der Waals surface area (Å²) in [6.45, 7) is 6.63. The summed E-state index contributed by atoms with van der Waals surface area (Å²) >= 11 is 0. The molecule has 1 unspecified atom stereocenters. The maximum atomic E-state index is 12.0. The zero-order chi connectivity index (χ0) is 17.1. The van der Waals surface area contributed by atoms with Crippen molar-refractivity contribution in [1.29, 1.82) is 0 Å². The molecule has 0 aromatic carbocycles. The van der Waals surface area contributed by atoms with Gasteiger partial charge in [-0.05, 0) is 38.8 Å². The van der Waals surface area contributed by atoms with Crippen molar-refractivity contribution in [1.82, 2.24) is 15.2 Å². The van der Waals surface area contributed by atoms with Gasteiger partial charge in [-0.3, -0.25) is 9.88 Å². The van der Waals surface area contributed by atoms with Gasteiger partial charge in [0.25, 0.3) is 0 Å². The predicted molar refractivity (Wildman–Crippen MR) is 83.9 cm³/mol. The second-order valence-electron chi connectivity index (χ2n) is 6.84. The van der Waals surface area contributed by atoms with E-state index in [9.17, 15) is 14.7 Å². The van der Waals surface area contributed by atoms with Crippen molar-refractivity contribution in [2.24, 2.45) is 0 Å². The molecule has 23 heavy (non-hydrogen) atoms. The number of carboxylic acid groups (broad SMARTS) is 1. The molecule has 2 N–H and O–H groups in total. The molecular formula is C16H23N3O4. The van der Waals surface area contributed by atoms with E-state index in [0.29, 0.717) is 19.5 Å². The zero-order valence-electron chi connectivity index (χ0n) is 13.7. The number of nitrogens with one attached hydrogen (secondary N) is 1. The van der Waals surface area contributed by atoms with Crippen LogP contribution in [0.3, 0.4) is 0 Å². The van der Waals surface area contributed by atoms with Gasteiger partial charge in [0.05, 0.1) is 0 Å². The van der Waals surface area contributed by atoms with Gasteiger partial charge in [0.2, 0.25) is 0 Å². The molecule has 1 amide bonds. The van der Waals surface area contributed by atoms with Crippen LogP contribution in [0.1, 0.15) is 32.8 Å². The molecule has 1 fully saturated rings. The molecule has 0 radical (unpaired) electrons. The Morgan fingerprint density at radius 3 is 2.78 bits per heavy atom. The fourth-order valence-corrected chi connectivity index (χ4v) is 2.60. The molecular weight excluding hydrogens is 298 g/mol. The Hall–Kier alpha value is -2.15. The Labute approximate surface area is 135 Å². The van der Waals surface area contributed by atoms with E-state index in [-0.39, 0.29) is 6.54 Å². The minimum absolute atomic E-state index is 0.233. The van der Waals surface area contributed by atoms with Gasteiger partial charge in [0.1, 0.15) is 5.60 Å². The summed E-state index contributed by atoms with van der Waals surface area (Å²) < 4.78 is 5.19. The van der Waals surface area contributed by atoms with Gasteiger partial charge in [-0.15, -0.1) is 0 Å². The summed E-state index contributed by atoms with van der Waals surface area (Å²) in [5, 5.41) is 12.1. The maximum Gasteiger partial charge on any atom is 0.408 e. The standard InChI is InChI=1S/C16H23N3O4/c1-15(2,3)23-14(22)18-16(13(20)21)6-8-19(11-16)10-12-5-4-7-17-9-12/h4-5,7,9H,6,8,10-11H2,1-3H3,(H,18,22)(H,20,21). The van der Waals surface area contributed by atoms with Crippen molar-refractivity contribution in [3.05, 3.63) is 30.1 Å². The molecule has 2 heterocycles. The van der Waals surface area contributed by atoms with Crippen LogP contribution in [0.5, 0.6) is 0 Å². The average molecular weight is 321 g/mol. The molecule has 1 aliphatic heterocycles. The number of likely N-dealkylation sites (tertiary alicyclic amines) is 1. The smallest absolute Gasteiger partial charge is 0.408 e. The summed E-state index contributed by atoms with van der Waals surface area (Å²) in [5.74, 6) is -1.04. The molecule has 1 aliphatic rings. The number of nitrogens with zero attached hydrogens (tertiary/aromatic N) is 2. The zero-order valence-corrected chi connectivity index (χ0v) is 13.7. The minimum Gasteiger partial charge on any atom is -0.479 e. The number of carbonyl (C=O) groups is 2. The van der Waals surface area contributed by atoms with Gasteiger partial charge in [0.15, 0.2) is 5.54 Å². The fraction of sp³-hybridized carbons (Fsp3) is 0.562. The van der Waals surface area contributed by atoms with Crippen LogP contribution in [0.15, 0.2) is 24.5 Å². The van der Waals surface area contributed by atoms with Gasteiger partial charge in [-0.2, -0.15) is 0 Å². The number of alkyl carbamates (subject to hydrolysis) is 1. The molecule has 0 aliphatic carbocycles.